The molecule has 6 heteroatoms. The third-order valence-corrected chi connectivity index (χ3v) is 5.55. The van der Waals surface area contributed by atoms with Crippen molar-refractivity contribution in [2.75, 3.05) is 19.7 Å². The predicted octanol–water partition coefficient (Wildman–Crippen LogP) is 1.89. The van der Waals surface area contributed by atoms with Crippen molar-refractivity contribution in [1.82, 2.24) is 10.6 Å². The Bertz CT molecular complexity index is 424. The minimum absolute atomic E-state index is 0. The second-order valence-corrected chi connectivity index (χ2v) is 7.46. The molecule has 0 radical (unpaired) electrons. The highest BCUT2D eigenvalue weighted by molar-refractivity contribution is 14.0. The van der Waals surface area contributed by atoms with Crippen LogP contribution in [0.1, 0.15) is 46.5 Å². The maximum Gasteiger partial charge on any atom is 0.191 e. The highest BCUT2D eigenvalue weighted by Gasteiger charge is 2.59. The zero-order chi connectivity index (χ0) is 15.1. The van der Waals surface area contributed by atoms with E-state index in [2.05, 4.69) is 36.4 Å². The Morgan fingerprint density at radius 3 is 2.68 bits per heavy atom. The summed E-state index contributed by atoms with van der Waals surface area (Å²) in [6.07, 6.45) is 4.39. The lowest BCUT2D eigenvalue weighted by Crippen LogP contribution is -2.68. The number of nitrogens with zero attached hydrogens (tertiary/aromatic N) is 1. The Balaban J connectivity index is 0.00000176. The average Bonchev–Trinajstić information content (AvgIpc) is 2.86. The molecular weight excluding hydrogens is 393 g/mol. The van der Waals surface area contributed by atoms with Crippen LogP contribution >= 0.6 is 24.0 Å². The number of rotatable bonds is 4. The first kappa shape index (κ1) is 18.3. The summed E-state index contributed by atoms with van der Waals surface area (Å²) in [6, 6.07) is 0.402. The zero-order valence-corrected chi connectivity index (χ0v) is 16.2. The third-order valence-electron chi connectivity index (χ3n) is 5.55. The molecule has 3 aliphatic rings. The summed E-state index contributed by atoms with van der Waals surface area (Å²) < 4.78 is 5.84. The maximum absolute atomic E-state index is 10.2. The Hall–Kier alpha value is -0.0800. The lowest BCUT2D eigenvalue weighted by Gasteiger charge is -2.55. The van der Waals surface area contributed by atoms with Crippen molar-refractivity contribution in [2.24, 2.45) is 16.3 Å². The number of nitrogens with one attached hydrogen (secondary N) is 2. The molecule has 0 aromatic heterocycles. The SMILES string of the molecule is CCNC(=NCC1(O)CCC1)NC1C2CCOC2C1(C)C.I. The molecule has 0 amide bonds. The van der Waals surface area contributed by atoms with Gasteiger partial charge in [-0.2, -0.15) is 0 Å². The first-order valence-corrected chi connectivity index (χ1v) is 8.35. The number of fused-ring (bicyclic) bond motifs is 1. The molecule has 22 heavy (non-hydrogen) atoms. The van der Waals surface area contributed by atoms with Crippen LogP contribution in [0.3, 0.4) is 0 Å². The summed E-state index contributed by atoms with van der Waals surface area (Å²) >= 11 is 0. The average molecular weight is 423 g/mol. The van der Waals surface area contributed by atoms with Gasteiger partial charge in [0.05, 0.1) is 18.2 Å². The van der Waals surface area contributed by atoms with Crippen molar-refractivity contribution in [2.45, 2.75) is 64.2 Å². The molecule has 3 rings (SSSR count). The van der Waals surface area contributed by atoms with Gasteiger partial charge in [-0.25, -0.2) is 0 Å². The minimum Gasteiger partial charge on any atom is -0.388 e. The van der Waals surface area contributed by atoms with Gasteiger partial charge in [0.1, 0.15) is 0 Å². The van der Waals surface area contributed by atoms with Crippen LogP contribution in [0.25, 0.3) is 0 Å². The molecule has 0 aromatic rings. The molecule has 0 bridgehead atoms. The van der Waals surface area contributed by atoms with E-state index in [0.717, 1.165) is 44.8 Å². The van der Waals surface area contributed by atoms with E-state index in [-0.39, 0.29) is 29.4 Å². The van der Waals surface area contributed by atoms with Crippen molar-refractivity contribution in [3.05, 3.63) is 0 Å². The van der Waals surface area contributed by atoms with Crippen molar-refractivity contribution in [3.8, 4) is 0 Å². The van der Waals surface area contributed by atoms with Crippen LogP contribution in [0, 0.1) is 11.3 Å². The van der Waals surface area contributed by atoms with Gasteiger partial charge in [0.2, 0.25) is 0 Å². The van der Waals surface area contributed by atoms with Gasteiger partial charge in [-0.1, -0.05) is 13.8 Å². The van der Waals surface area contributed by atoms with E-state index in [1.807, 2.05) is 0 Å². The molecule has 3 N–H and O–H groups in total. The van der Waals surface area contributed by atoms with Gasteiger partial charge in [-0.3, -0.25) is 4.99 Å². The Kier molecular flexibility index (Phi) is 5.65. The van der Waals surface area contributed by atoms with Crippen LogP contribution in [0.15, 0.2) is 4.99 Å². The fourth-order valence-corrected chi connectivity index (χ4v) is 4.05. The molecule has 1 heterocycles. The van der Waals surface area contributed by atoms with Gasteiger partial charge in [0.25, 0.3) is 0 Å². The van der Waals surface area contributed by atoms with E-state index in [4.69, 9.17) is 4.74 Å². The Morgan fingerprint density at radius 2 is 2.09 bits per heavy atom. The predicted molar refractivity (Wildman–Crippen MR) is 98.7 cm³/mol. The fraction of sp³-hybridized carbons (Fsp3) is 0.938. The molecule has 128 valence electrons. The zero-order valence-electron chi connectivity index (χ0n) is 13.9. The second-order valence-electron chi connectivity index (χ2n) is 7.46. The number of ether oxygens (including phenoxy) is 1. The molecule has 0 aromatic carbocycles. The highest BCUT2D eigenvalue weighted by atomic mass is 127. The first-order chi connectivity index (χ1) is 9.96. The van der Waals surface area contributed by atoms with Crippen molar-refractivity contribution >= 4 is 29.9 Å². The number of hydrogen-bond acceptors (Lipinski definition) is 3. The number of hydrogen-bond donors (Lipinski definition) is 3. The molecule has 5 nitrogen and oxygen atoms in total. The van der Waals surface area contributed by atoms with E-state index < -0.39 is 5.60 Å². The smallest absolute Gasteiger partial charge is 0.191 e. The second kappa shape index (κ2) is 6.81. The van der Waals surface area contributed by atoms with Crippen molar-refractivity contribution in [1.29, 1.82) is 0 Å². The van der Waals surface area contributed by atoms with Crippen LogP contribution in [-0.2, 0) is 4.74 Å². The van der Waals surface area contributed by atoms with E-state index in [9.17, 15) is 5.11 Å². The molecule has 1 saturated heterocycles. The molecule has 3 atom stereocenters. The van der Waals surface area contributed by atoms with Crippen LogP contribution < -0.4 is 10.6 Å². The standard InChI is InChI=1S/C16H29N3O2.HI/c1-4-17-14(18-10-16(20)7-5-8-16)19-12-11-6-9-21-13(11)15(12,2)3;/h11-13,20H,4-10H2,1-3H3,(H2,17,18,19);1H. The van der Waals surface area contributed by atoms with Gasteiger partial charge in [-0.05, 0) is 32.6 Å². The van der Waals surface area contributed by atoms with Crippen molar-refractivity contribution in [3.63, 3.8) is 0 Å². The molecule has 3 unspecified atom stereocenters. The van der Waals surface area contributed by atoms with E-state index in [1.54, 1.807) is 0 Å². The highest BCUT2D eigenvalue weighted by Crippen LogP contribution is 2.52. The number of guanidine groups is 1. The molecule has 2 saturated carbocycles. The third kappa shape index (κ3) is 3.24. The monoisotopic (exact) mass is 423 g/mol. The van der Waals surface area contributed by atoms with Gasteiger partial charge in [0.15, 0.2) is 5.96 Å². The normalized spacial score (nSPS) is 34.7. The Morgan fingerprint density at radius 1 is 1.36 bits per heavy atom. The molecular formula is C16H30IN3O2. The van der Waals surface area contributed by atoms with Crippen molar-refractivity contribution < 1.29 is 9.84 Å². The fourth-order valence-electron chi connectivity index (χ4n) is 4.05. The summed E-state index contributed by atoms with van der Waals surface area (Å²) in [5.74, 6) is 1.43. The molecule has 3 fully saturated rings. The number of aliphatic hydroxyl groups is 1. The van der Waals surface area contributed by atoms with Gasteiger partial charge >= 0.3 is 0 Å². The van der Waals surface area contributed by atoms with Gasteiger partial charge in [-0.15, -0.1) is 24.0 Å². The van der Waals surface area contributed by atoms with Crippen LogP contribution in [-0.4, -0.2) is 48.5 Å². The molecule has 2 aliphatic carbocycles. The largest absolute Gasteiger partial charge is 0.388 e. The Labute approximate surface area is 150 Å². The van der Waals surface area contributed by atoms with Crippen LogP contribution in [0.4, 0.5) is 0 Å². The quantitative estimate of drug-likeness (QED) is 0.367. The van der Waals surface area contributed by atoms with Gasteiger partial charge in [0, 0.05) is 30.5 Å². The maximum atomic E-state index is 10.2. The summed E-state index contributed by atoms with van der Waals surface area (Å²) in [5, 5.41) is 17.1. The summed E-state index contributed by atoms with van der Waals surface area (Å²) in [6.45, 7) is 8.81. The van der Waals surface area contributed by atoms with E-state index >= 15 is 0 Å². The van der Waals surface area contributed by atoms with E-state index in [0.29, 0.717) is 24.6 Å². The number of aliphatic imine (C=N–C) groups is 1. The molecule has 1 aliphatic heterocycles. The summed E-state index contributed by atoms with van der Waals surface area (Å²) in [7, 11) is 0. The minimum atomic E-state index is -0.559. The van der Waals surface area contributed by atoms with Crippen LogP contribution in [0.5, 0.6) is 0 Å². The lowest BCUT2D eigenvalue weighted by molar-refractivity contribution is -0.106. The number of halogens is 1. The molecule has 0 spiro atoms. The van der Waals surface area contributed by atoms with Gasteiger partial charge < -0.3 is 20.5 Å². The topological polar surface area (TPSA) is 65.9 Å². The lowest BCUT2D eigenvalue weighted by atomic mass is 9.57. The van der Waals surface area contributed by atoms with Crippen LogP contribution in [0.2, 0.25) is 0 Å². The summed E-state index contributed by atoms with van der Waals surface area (Å²) in [4.78, 5) is 4.61. The van der Waals surface area contributed by atoms with E-state index in [1.165, 1.54) is 0 Å². The first-order valence-electron chi connectivity index (χ1n) is 8.35. The summed E-state index contributed by atoms with van der Waals surface area (Å²) in [5.41, 5.74) is -0.415.